The quantitative estimate of drug-likeness (QED) is 0.478. The maximum absolute atomic E-state index is 5.33. The largest absolute Gasteiger partial charge is 0.0895 e. The van der Waals surface area contributed by atoms with Gasteiger partial charge in [-0.2, -0.15) is 0 Å². The number of rotatable bonds is 1. The van der Waals surface area contributed by atoms with Crippen molar-refractivity contribution in [3.63, 3.8) is 0 Å². The summed E-state index contributed by atoms with van der Waals surface area (Å²) in [6.07, 6.45) is 2.84. The van der Waals surface area contributed by atoms with Crippen molar-refractivity contribution in [1.29, 1.82) is 0 Å². The summed E-state index contributed by atoms with van der Waals surface area (Å²) in [4.78, 5) is 0. The molecule has 0 N–H and O–H groups in total. The van der Waals surface area contributed by atoms with Crippen molar-refractivity contribution in [3.8, 4) is 0 Å². The average molecular weight is 104 g/mol. The molecule has 0 aliphatic heterocycles. The molecule has 0 saturated carbocycles. The van der Waals surface area contributed by atoms with Gasteiger partial charge in [0.25, 0.3) is 0 Å². The normalized spacial score (nSPS) is 12.2. The van der Waals surface area contributed by atoms with Crippen LogP contribution >= 0.6 is 11.6 Å². The van der Waals surface area contributed by atoms with Crippen LogP contribution in [0.2, 0.25) is 0 Å². The fraction of sp³-hybridized carbons (Fsp3) is 0.400. The van der Waals surface area contributed by atoms with Crippen molar-refractivity contribution in [1.82, 2.24) is 0 Å². The molecule has 1 heteroatoms. The summed E-state index contributed by atoms with van der Waals surface area (Å²) in [5.74, 6) is 0. The van der Waals surface area contributed by atoms with Crippen LogP contribution < -0.4 is 0 Å². The molecule has 0 aromatic carbocycles. The molecule has 0 aromatic rings. The summed E-state index contributed by atoms with van der Waals surface area (Å²) >= 11 is 5.33. The topological polar surface area (TPSA) is 0 Å². The summed E-state index contributed by atoms with van der Waals surface area (Å²) < 4.78 is 0. The number of hydrogen-bond donors (Lipinski definition) is 0. The minimum Gasteiger partial charge on any atom is -0.0895 e. The number of hydrogen-bond acceptors (Lipinski definition) is 0. The molecule has 0 heterocycles. The van der Waals surface area contributed by atoms with Crippen LogP contribution in [0, 0.1) is 6.92 Å². The van der Waals surface area contributed by atoms with Gasteiger partial charge in [-0.05, 0) is 13.3 Å². The Bertz CT molecular complexity index is 51.0. The van der Waals surface area contributed by atoms with Gasteiger partial charge >= 0.3 is 0 Å². The van der Waals surface area contributed by atoms with Gasteiger partial charge in [0.1, 0.15) is 0 Å². The first-order chi connectivity index (χ1) is 2.77. The van der Waals surface area contributed by atoms with Gasteiger partial charge in [0, 0.05) is 5.03 Å². The molecule has 0 aliphatic rings. The van der Waals surface area contributed by atoms with Crippen molar-refractivity contribution < 1.29 is 0 Å². The van der Waals surface area contributed by atoms with Gasteiger partial charge in [-0.25, -0.2) is 0 Å². The molecule has 0 nitrogen and oxygen atoms in total. The van der Waals surface area contributed by atoms with Crippen LogP contribution in [0.25, 0.3) is 0 Å². The first-order valence-corrected chi connectivity index (χ1v) is 2.32. The lowest BCUT2D eigenvalue weighted by Crippen LogP contribution is -1.54. The third kappa shape index (κ3) is 4.03. The highest BCUT2D eigenvalue weighted by Gasteiger charge is 1.70. The average Bonchev–Trinajstić information content (AvgIpc) is 1.35. The van der Waals surface area contributed by atoms with Gasteiger partial charge in [0.2, 0.25) is 0 Å². The minimum absolute atomic E-state index is 0.637. The molecule has 0 bridgehead atoms. The van der Waals surface area contributed by atoms with E-state index in [2.05, 4.69) is 6.92 Å². The second-order valence-electron chi connectivity index (χ2n) is 1.06. The molecule has 0 amide bonds. The Morgan fingerprint density at radius 1 is 2.00 bits per heavy atom. The zero-order chi connectivity index (χ0) is 4.99. The van der Waals surface area contributed by atoms with Gasteiger partial charge in [-0.15, -0.1) is 0 Å². The zero-order valence-electron chi connectivity index (χ0n) is 3.87. The van der Waals surface area contributed by atoms with Gasteiger partial charge in [0.05, 0.1) is 0 Å². The van der Waals surface area contributed by atoms with Gasteiger partial charge < -0.3 is 0 Å². The molecule has 0 aliphatic carbocycles. The summed E-state index contributed by atoms with van der Waals surface area (Å²) in [5, 5.41) is 0.637. The second kappa shape index (κ2) is 3.23. The molecule has 0 unspecified atom stereocenters. The van der Waals surface area contributed by atoms with Crippen LogP contribution in [0.1, 0.15) is 13.3 Å². The maximum atomic E-state index is 5.33. The van der Waals surface area contributed by atoms with E-state index in [-0.39, 0.29) is 0 Å². The first-order valence-electron chi connectivity index (χ1n) is 1.95. The number of halogens is 1. The van der Waals surface area contributed by atoms with E-state index in [4.69, 9.17) is 11.6 Å². The maximum Gasteiger partial charge on any atom is 0.0144 e. The van der Waals surface area contributed by atoms with Gasteiger partial charge in [-0.3, -0.25) is 0 Å². The molecule has 0 aromatic heterocycles. The van der Waals surface area contributed by atoms with Crippen molar-refractivity contribution in [3.05, 3.63) is 18.0 Å². The van der Waals surface area contributed by atoms with Gasteiger partial charge in [-0.1, -0.05) is 24.6 Å². The zero-order valence-corrected chi connectivity index (χ0v) is 4.63. The monoisotopic (exact) mass is 103 g/mol. The van der Waals surface area contributed by atoms with Crippen molar-refractivity contribution in [2.24, 2.45) is 0 Å². The van der Waals surface area contributed by atoms with Crippen LogP contribution in [-0.4, -0.2) is 0 Å². The predicted octanol–water partition coefficient (Wildman–Crippen LogP) is 2.35. The molecule has 6 heavy (non-hydrogen) atoms. The first kappa shape index (κ1) is 6.03. The Balaban J connectivity index is 3.14. The van der Waals surface area contributed by atoms with Crippen LogP contribution in [0.4, 0.5) is 0 Å². The molecule has 0 atom stereocenters. The lowest BCUT2D eigenvalue weighted by atomic mass is 10.4. The molecule has 0 rings (SSSR count). The summed E-state index contributed by atoms with van der Waals surface area (Å²) in [6, 6.07) is 0. The SMILES string of the molecule is [CH2]/C(Cl)=C/CC. The summed E-state index contributed by atoms with van der Waals surface area (Å²) in [7, 11) is 0. The van der Waals surface area contributed by atoms with E-state index in [0.717, 1.165) is 6.42 Å². The molecule has 0 fully saturated rings. The predicted molar refractivity (Wildman–Crippen MR) is 29.6 cm³/mol. The third-order valence-electron chi connectivity index (χ3n) is 0.426. The van der Waals surface area contributed by atoms with Crippen LogP contribution in [0.5, 0.6) is 0 Å². The molecule has 35 valence electrons. The lowest BCUT2D eigenvalue weighted by molar-refractivity contribution is 1.22. The third-order valence-corrected chi connectivity index (χ3v) is 0.580. The van der Waals surface area contributed by atoms with Crippen LogP contribution in [-0.2, 0) is 0 Å². The fourth-order valence-electron chi connectivity index (χ4n) is 0.221. The Hall–Kier alpha value is 0.0300. The van der Waals surface area contributed by atoms with Crippen LogP contribution in [0.3, 0.4) is 0 Å². The Morgan fingerprint density at radius 3 is 2.50 bits per heavy atom. The fourth-order valence-corrected chi connectivity index (χ4v) is 0.376. The van der Waals surface area contributed by atoms with E-state index in [1.54, 1.807) is 0 Å². The molecule has 1 radical (unpaired) electrons. The molecule has 0 saturated heterocycles. The summed E-state index contributed by atoms with van der Waals surface area (Å²) in [5.41, 5.74) is 0. The molecular weight excluding hydrogens is 95.5 g/mol. The lowest BCUT2D eigenvalue weighted by Gasteiger charge is -1.76. The van der Waals surface area contributed by atoms with E-state index < -0.39 is 0 Å². The standard InChI is InChI=1S/C5H8Cl/c1-3-4-5(2)6/h4H,2-3H2,1H3/b5-4-. The molecule has 0 spiro atoms. The smallest absolute Gasteiger partial charge is 0.0144 e. The van der Waals surface area contributed by atoms with Crippen molar-refractivity contribution >= 4 is 11.6 Å². The highest BCUT2D eigenvalue weighted by Crippen LogP contribution is 1.97. The van der Waals surface area contributed by atoms with E-state index >= 15 is 0 Å². The van der Waals surface area contributed by atoms with Crippen molar-refractivity contribution in [2.45, 2.75) is 13.3 Å². The summed E-state index contributed by atoms with van der Waals surface area (Å²) in [6.45, 7) is 5.48. The van der Waals surface area contributed by atoms with Crippen LogP contribution in [0.15, 0.2) is 11.1 Å². The highest BCUT2D eigenvalue weighted by molar-refractivity contribution is 6.30. The van der Waals surface area contributed by atoms with E-state index in [0.29, 0.717) is 5.03 Å². The highest BCUT2D eigenvalue weighted by atomic mass is 35.5. The van der Waals surface area contributed by atoms with E-state index in [1.807, 2.05) is 13.0 Å². The Morgan fingerprint density at radius 2 is 2.50 bits per heavy atom. The van der Waals surface area contributed by atoms with Crippen molar-refractivity contribution in [2.75, 3.05) is 0 Å². The van der Waals surface area contributed by atoms with E-state index in [9.17, 15) is 0 Å². The Kier molecular flexibility index (Phi) is 3.24. The van der Waals surface area contributed by atoms with E-state index in [1.165, 1.54) is 0 Å². The number of allylic oxidation sites excluding steroid dienone is 2. The molecular formula is C5H8Cl. The second-order valence-corrected chi connectivity index (χ2v) is 1.54. The van der Waals surface area contributed by atoms with Gasteiger partial charge in [0.15, 0.2) is 0 Å². The Labute approximate surface area is 43.8 Å². The minimum atomic E-state index is 0.637.